The summed E-state index contributed by atoms with van der Waals surface area (Å²) in [7, 11) is 1.62. The predicted octanol–water partition coefficient (Wildman–Crippen LogP) is 3.21. The Labute approximate surface area is 172 Å². The summed E-state index contributed by atoms with van der Waals surface area (Å²) in [6, 6.07) is 21.3. The fraction of sp³-hybridized carbons (Fsp3) is 0.143. The first-order valence-corrected chi connectivity index (χ1v) is 10.0. The number of nitrogens with zero attached hydrogens (tertiary/aromatic N) is 4. The Bertz CT molecular complexity index is 1130. The fourth-order valence-electron chi connectivity index (χ4n) is 2.79. The van der Waals surface area contributed by atoms with E-state index >= 15 is 0 Å². The number of amides is 1. The first-order valence-electron chi connectivity index (χ1n) is 9.03. The maximum absolute atomic E-state index is 12.2. The van der Waals surface area contributed by atoms with E-state index in [4.69, 9.17) is 4.74 Å². The van der Waals surface area contributed by atoms with Crippen LogP contribution in [0, 0.1) is 0 Å². The van der Waals surface area contributed by atoms with Crippen LogP contribution in [0.5, 0.6) is 5.75 Å². The van der Waals surface area contributed by atoms with Crippen LogP contribution in [0.2, 0.25) is 0 Å². The van der Waals surface area contributed by atoms with Crippen LogP contribution in [0.15, 0.2) is 71.9 Å². The third kappa shape index (κ3) is 4.55. The molecule has 0 aliphatic carbocycles. The maximum Gasteiger partial charge on any atom is 0.230 e. The lowest BCUT2D eigenvalue weighted by Gasteiger charge is -2.07. The fourth-order valence-corrected chi connectivity index (χ4v) is 3.50. The van der Waals surface area contributed by atoms with E-state index in [2.05, 4.69) is 20.6 Å². The molecule has 146 valence electrons. The number of hydrogen-bond donors (Lipinski definition) is 1. The normalized spacial score (nSPS) is 10.8. The molecule has 4 rings (SSSR count). The van der Waals surface area contributed by atoms with Gasteiger partial charge in [-0.05, 0) is 29.8 Å². The van der Waals surface area contributed by atoms with Crippen LogP contribution < -0.4 is 10.1 Å². The van der Waals surface area contributed by atoms with Crippen molar-refractivity contribution in [1.82, 2.24) is 25.1 Å². The summed E-state index contributed by atoms with van der Waals surface area (Å²) in [6.07, 6.45) is 0. The molecular formula is C21H19N5O2S. The minimum absolute atomic E-state index is 0.0891. The minimum atomic E-state index is -0.0891. The number of carbonyl (C=O) groups is 1. The first kappa shape index (κ1) is 18.9. The van der Waals surface area contributed by atoms with Crippen molar-refractivity contribution >= 4 is 23.3 Å². The van der Waals surface area contributed by atoms with Crippen molar-refractivity contribution in [3.05, 3.63) is 72.3 Å². The molecule has 2 aromatic carbocycles. The Morgan fingerprint density at radius 1 is 1.07 bits per heavy atom. The number of thioether (sulfide) groups is 1. The molecule has 2 aromatic heterocycles. The van der Waals surface area contributed by atoms with Crippen LogP contribution in [0.1, 0.15) is 5.56 Å². The average Bonchev–Trinajstić information content (AvgIpc) is 3.19. The van der Waals surface area contributed by atoms with E-state index < -0.39 is 0 Å². The molecule has 0 saturated heterocycles. The number of rotatable bonds is 7. The third-order valence-corrected chi connectivity index (χ3v) is 5.18. The van der Waals surface area contributed by atoms with Crippen LogP contribution in [0.4, 0.5) is 0 Å². The second-order valence-electron chi connectivity index (χ2n) is 6.25. The van der Waals surface area contributed by atoms with E-state index in [9.17, 15) is 4.79 Å². The van der Waals surface area contributed by atoms with Gasteiger partial charge >= 0.3 is 0 Å². The number of ether oxygens (including phenoxy) is 1. The molecule has 0 saturated carbocycles. The first-order chi connectivity index (χ1) is 14.2. The molecule has 0 bridgehead atoms. The molecule has 0 atom stereocenters. The maximum atomic E-state index is 12.2. The topological polar surface area (TPSA) is 81.4 Å². The van der Waals surface area contributed by atoms with E-state index in [0.29, 0.717) is 17.3 Å². The smallest absolute Gasteiger partial charge is 0.230 e. The summed E-state index contributed by atoms with van der Waals surface area (Å²) in [4.78, 5) is 12.2. The third-order valence-electron chi connectivity index (χ3n) is 4.26. The second-order valence-corrected chi connectivity index (χ2v) is 7.20. The van der Waals surface area contributed by atoms with Crippen molar-refractivity contribution in [3.63, 3.8) is 0 Å². The summed E-state index contributed by atoms with van der Waals surface area (Å²) in [6.45, 7) is 0.438. The molecule has 2 heterocycles. The Morgan fingerprint density at radius 2 is 1.93 bits per heavy atom. The molecule has 0 unspecified atom stereocenters. The lowest BCUT2D eigenvalue weighted by Crippen LogP contribution is -2.24. The SMILES string of the molecule is COc1cccc(CNC(=O)CSc2nnc3ccc(-c4ccccc4)nn23)c1. The van der Waals surface area contributed by atoms with Crippen LogP contribution in [0.25, 0.3) is 16.9 Å². The van der Waals surface area contributed by atoms with Gasteiger partial charge in [0.05, 0.1) is 18.6 Å². The van der Waals surface area contributed by atoms with Crippen LogP contribution >= 0.6 is 11.8 Å². The Morgan fingerprint density at radius 3 is 2.76 bits per heavy atom. The zero-order valence-electron chi connectivity index (χ0n) is 15.8. The van der Waals surface area contributed by atoms with Gasteiger partial charge in [-0.3, -0.25) is 4.79 Å². The molecule has 8 heteroatoms. The zero-order chi connectivity index (χ0) is 20.1. The molecule has 29 heavy (non-hydrogen) atoms. The standard InChI is InChI=1S/C21H19N5O2S/c1-28-17-9-5-6-15(12-17)13-22-20(27)14-29-21-24-23-19-11-10-18(25-26(19)21)16-7-3-2-4-8-16/h2-12H,13-14H2,1H3,(H,22,27). The number of hydrogen-bond acceptors (Lipinski definition) is 6. The lowest BCUT2D eigenvalue weighted by atomic mass is 10.1. The molecule has 7 nitrogen and oxygen atoms in total. The molecule has 0 spiro atoms. The summed E-state index contributed by atoms with van der Waals surface area (Å²) in [5.74, 6) is 0.900. The highest BCUT2D eigenvalue weighted by Gasteiger charge is 2.11. The highest BCUT2D eigenvalue weighted by Crippen LogP contribution is 2.20. The van der Waals surface area contributed by atoms with Gasteiger partial charge in [-0.2, -0.15) is 9.61 Å². The van der Waals surface area contributed by atoms with Gasteiger partial charge in [0.1, 0.15) is 5.75 Å². The number of nitrogens with one attached hydrogen (secondary N) is 1. The summed E-state index contributed by atoms with van der Waals surface area (Å²) >= 11 is 1.30. The lowest BCUT2D eigenvalue weighted by molar-refractivity contribution is -0.118. The predicted molar refractivity (Wildman–Crippen MR) is 112 cm³/mol. The van der Waals surface area contributed by atoms with Gasteiger partial charge in [-0.25, -0.2) is 0 Å². The summed E-state index contributed by atoms with van der Waals surface area (Å²) < 4.78 is 6.87. The Hall–Kier alpha value is -3.39. The van der Waals surface area contributed by atoms with Crippen molar-refractivity contribution < 1.29 is 9.53 Å². The van der Waals surface area contributed by atoms with Gasteiger partial charge in [-0.15, -0.1) is 10.2 Å². The van der Waals surface area contributed by atoms with Crippen molar-refractivity contribution in [2.24, 2.45) is 0 Å². The van der Waals surface area contributed by atoms with E-state index in [1.807, 2.05) is 66.7 Å². The molecule has 0 aliphatic rings. The van der Waals surface area contributed by atoms with Crippen molar-refractivity contribution in [2.45, 2.75) is 11.7 Å². The van der Waals surface area contributed by atoms with Gasteiger partial charge in [0.15, 0.2) is 5.65 Å². The summed E-state index contributed by atoms with van der Waals surface area (Å²) in [5.41, 5.74) is 3.45. The average molecular weight is 405 g/mol. The van der Waals surface area contributed by atoms with Gasteiger partial charge in [0.25, 0.3) is 0 Å². The van der Waals surface area contributed by atoms with Crippen molar-refractivity contribution in [1.29, 1.82) is 0 Å². The van der Waals surface area contributed by atoms with E-state index in [1.54, 1.807) is 11.6 Å². The van der Waals surface area contributed by atoms with Crippen LogP contribution in [-0.4, -0.2) is 38.6 Å². The quantitative estimate of drug-likeness (QED) is 0.476. The molecule has 4 aromatic rings. The van der Waals surface area contributed by atoms with Crippen LogP contribution in [-0.2, 0) is 11.3 Å². The zero-order valence-corrected chi connectivity index (χ0v) is 16.6. The number of methoxy groups -OCH3 is 1. The largest absolute Gasteiger partial charge is 0.497 e. The summed E-state index contributed by atoms with van der Waals surface area (Å²) in [5, 5.41) is 16.4. The van der Waals surface area contributed by atoms with Crippen molar-refractivity contribution in [3.8, 4) is 17.0 Å². The van der Waals surface area contributed by atoms with Crippen LogP contribution in [0.3, 0.4) is 0 Å². The van der Waals surface area contributed by atoms with Gasteiger partial charge in [0, 0.05) is 12.1 Å². The molecule has 0 aliphatic heterocycles. The van der Waals surface area contributed by atoms with E-state index in [1.165, 1.54) is 11.8 Å². The van der Waals surface area contributed by atoms with Gasteiger partial charge in [0.2, 0.25) is 11.1 Å². The monoisotopic (exact) mass is 405 g/mol. The van der Waals surface area contributed by atoms with E-state index in [-0.39, 0.29) is 11.7 Å². The number of benzene rings is 2. The molecule has 1 amide bonds. The second kappa shape index (κ2) is 8.74. The number of carbonyl (C=O) groups excluding carboxylic acids is 1. The number of aromatic nitrogens is 4. The minimum Gasteiger partial charge on any atom is -0.497 e. The molecule has 0 radical (unpaired) electrons. The molecule has 0 fully saturated rings. The Balaban J connectivity index is 1.40. The van der Waals surface area contributed by atoms with Crippen molar-refractivity contribution in [2.75, 3.05) is 12.9 Å². The molecular weight excluding hydrogens is 386 g/mol. The molecule has 1 N–H and O–H groups in total. The van der Waals surface area contributed by atoms with Gasteiger partial charge < -0.3 is 10.1 Å². The number of fused-ring (bicyclic) bond motifs is 1. The highest BCUT2D eigenvalue weighted by molar-refractivity contribution is 7.99. The van der Waals surface area contributed by atoms with Gasteiger partial charge in [-0.1, -0.05) is 54.2 Å². The highest BCUT2D eigenvalue weighted by atomic mass is 32.2. The van der Waals surface area contributed by atoms with E-state index in [0.717, 1.165) is 22.6 Å². The Kier molecular flexibility index (Phi) is 5.71.